The van der Waals surface area contributed by atoms with Crippen molar-refractivity contribution in [3.8, 4) is 0 Å². The lowest BCUT2D eigenvalue weighted by atomic mass is 10.1. The molecule has 1 aliphatic heterocycles. The molecule has 8 heteroatoms. The molecule has 0 saturated carbocycles. The summed E-state index contributed by atoms with van der Waals surface area (Å²) in [6.07, 6.45) is 0. The molecule has 0 aromatic heterocycles. The molecule has 1 aliphatic rings. The van der Waals surface area contributed by atoms with Gasteiger partial charge in [0.15, 0.2) is 0 Å². The number of nitrogens with zero attached hydrogens (tertiary/aromatic N) is 3. The summed E-state index contributed by atoms with van der Waals surface area (Å²) in [7, 11) is 0. The lowest BCUT2D eigenvalue weighted by molar-refractivity contribution is -0.729. The normalized spacial score (nSPS) is 14.2. The molecule has 1 amide bonds. The van der Waals surface area contributed by atoms with Crippen LogP contribution in [0.5, 0.6) is 0 Å². The van der Waals surface area contributed by atoms with Gasteiger partial charge in [-0.3, -0.25) is 10.0 Å². The van der Waals surface area contributed by atoms with Crippen LogP contribution in [0.15, 0.2) is 42.5 Å². The van der Waals surface area contributed by atoms with Gasteiger partial charge in [0.05, 0.1) is 4.91 Å². The third kappa shape index (κ3) is 3.60. The van der Waals surface area contributed by atoms with Gasteiger partial charge in [-0.15, -0.1) is 0 Å². The van der Waals surface area contributed by atoms with Crippen LogP contribution in [0.2, 0.25) is 0 Å². The first-order valence-corrected chi connectivity index (χ1v) is 8.31. The van der Waals surface area contributed by atoms with Crippen molar-refractivity contribution in [1.29, 1.82) is 0 Å². The first-order chi connectivity index (χ1) is 12.5. The number of piperazine rings is 1. The van der Waals surface area contributed by atoms with Gasteiger partial charge in [0.1, 0.15) is 5.69 Å². The highest BCUT2D eigenvalue weighted by molar-refractivity contribution is 5.95. The van der Waals surface area contributed by atoms with Crippen LogP contribution < -0.4 is 15.3 Å². The van der Waals surface area contributed by atoms with Crippen LogP contribution in [-0.2, 0) is 0 Å². The maximum atomic E-state index is 11.5. The van der Waals surface area contributed by atoms with Crippen LogP contribution in [0.25, 0.3) is 0 Å². The van der Waals surface area contributed by atoms with Gasteiger partial charge in [0.2, 0.25) is 0 Å². The average Bonchev–Trinajstić information content (AvgIpc) is 2.67. The fraction of sp³-hybridized carbons (Fsp3) is 0.278. The molecule has 3 rings (SSSR count). The summed E-state index contributed by atoms with van der Waals surface area (Å²) < 4.78 is 0. The standard InChI is InChI=1S/C18H20N4O4/c1-13-2-5-15(6-3-13)20-8-10-21(11-9-20)16-7-4-14(18(23)19-24)12-17(16)22(25)26/h2-7,12H,8-11H2,1H3,(H2-,19,23,24,25,26)/p+1. The molecule has 0 bridgehead atoms. The van der Waals surface area contributed by atoms with E-state index in [-0.39, 0.29) is 16.2 Å². The van der Waals surface area contributed by atoms with Gasteiger partial charge in [0.25, 0.3) is 10.8 Å². The molecule has 2 aromatic rings. The fourth-order valence-corrected chi connectivity index (χ4v) is 3.11. The zero-order chi connectivity index (χ0) is 18.7. The zero-order valence-corrected chi connectivity index (χ0v) is 14.4. The number of anilines is 2. The average molecular weight is 357 g/mol. The monoisotopic (exact) mass is 357 g/mol. The van der Waals surface area contributed by atoms with E-state index in [9.17, 15) is 14.9 Å². The molecule has 0 unspecified atom stereocenters. The second-order valence-corrected chi connectivity index (χ2v) is 6.23. The predicted molar refractivity (Wildman–Crippen MR) is 96.4 cm³/mol. The molecule has 8 nitrogen and oxygen atoms in total. The molecule has 0 radical (unpaired) electrons. The summed E-state index contributed by atoms with van der Waals surface area (Å²) in [6, 6.07) is 12.7. The topological polar surface area (TPSA) is 96.1 Å². The molecule has 1 saturated heterocycles. The number of amides is 1. The summed E-state index contributed by atoms with van der Waals surface area (Å²) >= 11 is 0. The van der Waals surface area contributed by atoms with E-state index in [1.165, 1.54) is 23.2 Å². The van der Waals surface area contributed by atoms with Crippen LogP contribution >= 0.6 is 0 Å². The third-order valence-electron chi connectivity index (χ3n) is 4.56. The Kier molecular flexibility index (Phi) is 5.04. The number of hydroxylamine groups is 1. The van der Waals surface area contributed by atoms with E-state index in [2.05, 4.69) is 29.2 Å². The first-order valence-electron chi connectivity index (χ1n) is 8.31. The maximum Gasteiger partial charge on any atom is 0.340 e. The van der Waals surface area contributed by atoms with Gasteiger partial charge >= 0.3 is 5.69 Å². The minimum Gasteiger partial charge on any atom is -0.368 e. The van der Waals surface area contributed by atoms with Gasteiger partial charge in [-0.25, -0.2) is 10.7 Å². The highest BCUT2D eigenvalue weighted by Crippen LogP contribution is 2.30. The summed E-state index contributed by atoms with van der Waals surface area (Å²) in [4.78, 5) is 27.0. The number of hydrogen-bond acceptors (Lipinski definition) is 5. The van der Waals surface area contributed by atoms with Gasteiger partial charge in [-0.1, -0.05) is 17.7 Å². The van der Waals surface area contributed by atoms with Gasteiger partial charge in [-0.05, 0) is 31.2 Å². The van der Waals surface area contributed by atoms with Crippen molar-refractivity contribution in [3.05, 3.63) is 58.5 Å². The fourth-order valence-electron chi connectivity index (χ4n) is 3.11. The third-order valence-corrected chi connectivity index (χ3v) is 4.56. The highest BCUT2D eigenvalue weighted by atomic mass is 16.6. The molecule has 0 atom stereocenters. The molecule has 0 aliphatic carbocycles. The zero-order valence-electron chi connectivity index (χ0n) is 14.4. The minimum atomic E-state index is -0.746. The molecule has 136 valence electrons. The lowest BCUT2D eigenvalue weighted by Crippen LogP contribution is -2.46. The van der Waals surface area contributed by atoms with Crippen molar-refractivity contribution in [1.82, 2.24) is 5.48 Å². The van der Waals surface area contributed by atoms with Crippen molar-refractivity contribution in [2.24, 2.45) is 0 Å². The van der Waals surface area contributed by atoms with Gasteiger partial charge in [-0.2, -0.15) is 0 Å². The van der Waals surface area contributed by atoms with Gasteiger partial charge < -0.3 is 9.80 Å². The SMILES string of the molecule is Cc1ccc(N2CCN(c3ccc(C(=O)NO)cc3[N+](=O)O)CC2)cc1. The summed E-state index contributed by atoms with van der Waals surface area (Å²) in [5.74, 6) is -0.746. The molecule has 2 aromatic carbocycles. The Bertz CT molecular complexity index is 814. The maximum absolute atomic E-state index is 11.5. The Labute approximate surface area is 150 Å². The quantitative estimate of drug-likeness (QED) is 0.574. The van der Waals surface area contributed by atoms with Crippen molar-refractivity contribution < 1.29 is 20.1 Å². The largest absolute Gasteiger partial charge is 0.368 e. The van der Waals surface area contributed by atoms with Crippen molar-refractivity contribution in [3.63, 3.8) is 0 Å². The number of carbonyl (C=O) groups is 1. The second kappa shape index (κ2) is 7.40. The van der Waals surface area contributed by atoms with E-state index in [0.29, 0.717) is 18.8 Å². The van der Waals surface area contributed by atoms with Crippen LogP contribution in [0, 0.1) is 11.8 Å². The van der Waals surface area contributed by atoms with Crippen molar-refractivity contribution in [2.45, 2.75) is 6.92 Å². The Balaban J connectivity index is 1.77. The van der Waals surface area contributed by atoms with E-state index in [0.717, 1.165) is 18.8 Å². The van der Waals surface area contributed by atoms with E-state index in [4.69, 9.17) is 5.21 Å². The smallest absolute Gasteiger partial charge is 0.340 e. The van der Waals surface area contributed by atoms with Crippen molar-refractivity contribution in [2.75, 3.05) is 36.0 Å². The molecule has 0 spiro atoms. The number of hydrogen-bond donors (Lipinski definition) is 3. The molecule has 26 heavy (non-hydrogen) atoms. The van der Waals surface area contributed by atoms with E-state index in [1.807, 2.05) is 11.8 Å². The molecular formula is C18H21N4O4+. The van der Waals surface area contributed by atoms with E-state index in [1.54, 1.807) is 6.07 Å². The summed E-state index contributed by atoms with van der Waals surface area (Å²) in [5.41, 5.74) is 4.47. The summed E-state index contributed by atoms with van der Waals surface area (Å²) in [6.45, 7) is 4.92. The van der Waals surface area contributed by atoms with E-state index < -0.39 is 5.91 Å². The number of aryl methyl sites for hydroxylation is 1. The molecular weight excluding hydrogens is 336 g/mol. The second-order valence-electron chi connectivity index (χ2n) is 6.23. The number of carbonyl (C=O) groups excluding carboxylic acids is 1. The van der Waals surface area contributed by atoms with Gasteiger partial charge in [0, 0.05) is 43.5 Å². The molecule has 1 fully saturated rings. The Hall–Kier alpha value is -3.13. The predicted octanol–water partition coefficient (Wildman–Crippen LogP) is 2.24. The molecule has 3 N–H and O–H groups in total. The van der Waals surface area contributed by atoms with Crippen molar-refractivity contribution >= 4 is 23.0 Å². The van der Waals surface area contributed by atoms with Crippen LogP contribution in [0.1, 0.15) is 15.9 Å². The summed E-state index contributed by atoms with van der Waals surface area (Å²) in [5, 5.41) is 18.1. The van der Waals surface area contributed by atoms with E-state index >= 15 is 0 Å². The van der Waals surface area contributed by atoms with Crippen LogP contribution in [0.3, 0.4) is 0 Å². The Morgan fingerprint density at radius 2 is 1.65 bits per heavy atom. The number of rotatable bonds is 4. The highest BCUT2D eigenvalue weighted by Gasteiger charge is 2.27. The number of benzene rings is 2. The Morgan fingerprint density at radius 1 is 1.04 bits per heavy atom. The lowest BCUT2D eigenvalue weighted by Gasteiger charge is -2.37. The van der Waals surface area contributed by atoms with Crippen LogP contribution in [-0.4, -0.2) is 47.4 Å². The molecule has 1 heterocycles. The van der Waals surface area contributed by atoms with Crippen LogP contribution in [0.4, 0.5) is 17.1 Å². The first kappa shape index (κ1) is 17.7. The Morgan fingerprint density at radius 3 is 2.23 bits per heavy atom. The minimum absolute atomic E-state index is 0.0325. The number of nitrogens with one attached hydrogen (secondary N) is 1.